The molecule has 158 valence electrons. The van der Waals surface area contributed by atoms with Gasteiger partial charge in [0.25, 0.3) is 0 Å². The quantitative estimate of drug-likeness (QED) is 0.491. The molecule has 2 aromatic carbocycles. The fourth-order valence-corrected chi connectivity index (χ4v) is 5.30. The average molecular weight is 435 g/mol. The average Bonchev–Trinajstić information content (AvgIpc) is 3.10. The molecule has 3 aromatic rings. The number of nitrogens with zero attached hydrogens (tertiary/aromatic N) is 2. The van der Waals surface area contributed by atoms with Crippen LogP contribution >= 0.6 is 11.6 Å². The molecular formula is C23H22ClF3N2O. The first kappa shape index (κ1) is 19.8. The summed E-state index contributed by atoms with van der Waals surface area (Å²) in [6, 6.07) is 13.3. The highest BCUT2D eigenvalue weighted by Gasteiger charge is 2.41. The maximum absolute atomic E-state index is 12.8. The van der Waals surface area contributed by atoms with Gasteiger partial charge in [0.05, 0.1) is 0 Å². The molecule has 0 aliphatic carbocycles. The number of hydrogen-bond donors (Lipinski definition) is 0. The molecule has 0 amide bonds. The molecule has 3 nitrogen and oxygen atoms in total. The topological polar surface area (TPSA) is 17.4 Å². The van der Waals surface area contributed by atoms with Crippen LogP contribution in [-0.2, 0) is 19.4 Å². The summed E-state index contributed by atoms with van der Waals surface area (Å²) in [5, 5.41) is 1.58. The minimum atomic E-state index is -4.69. The van der Waals surface area contributed by atoms with Crippen molar-refractivity contribution in [2.24, 2.45) is 0 Å². The normalized spacial score (nSPS) is 21.2. The van der Waals surface area contributed by atoms with Crippen LogP contribution in [0.2, 0.25) is 5.02 Å². The third-order valence-electron chi connectivity index (χ3n) is 6.56. The standard InChI is InChI=1S/C23H22ClF3N2O/c1-28-16-6-8-20(28)22-18-13-17(30-23(25,26)27)7-9-19(18)29(21(22)12-16)11-10-14-2-4-15(24)5-3-14/h2-5,7,9,13,16,20H,6,8,10-12H2,1H3. The number of hydrogen-bond acceptors (Lipinski definition) is 2. The van der Waals surface area contributed by atoms with Crippen molar-refractivity contribution in [2.45, 2.75) is 50.7 Å². The van der Waals surface area contributed by atoms with Gasteiger partial charge in [-0.1, -0.05) is 23.7 Å². The smallest absolute Gasteiger partial charge is 0.406 e. The molecule has 1 fully saturated rings. The number of alkyl halides is 3. The van der Waals surface area contributed by atoms with Crippen molar-refractivity contribution in [1.82, 2.24) is 9.47 Å². The molecule has 30 heavy (non-hydrogen) atoms. The number of halogens is 4. The molecule has 0 radical (unpaired) electrons. The van der Waals surface area contributed by atoms with Crippen molar-refractivity contribution in [1.29, 1.82) is 0 Å². The van der Waals surface area contributed by atoms with E-state index in [0.717, 1.165) is 43.1 Å². The monoisotopic (exact) mass is 434 g/mol. The summed E-state index contributed by atoms with van der Waals surface area (Å²) >= 11 is 6.00. The van der Waals surface area contributed by atoms with Gasteiger partial charge in [-0.25, -0.2) is 0 Å². The molecule has 5 rings (SSSR count). The van der Waals surface area contributed by atoms with Crippen LogP contribution in [0.4, 0.5) is 13.2 Å². The second-order valence-electron chi connectivity index (χ2n) is 8.23. The molecule has 2 bridgehead atoms. The fraction of sp³-hybridized carbons (Fsp3) is 0.391. The van der Waals surface area contributed by atoms with E-state index in [2.05, 4.69) is 21.3 Å². The van der Waals surface area contributed by atoms with Crippen molar-refractivity contribution in [2.75, 3.05) is 7.05 Å². The zero-order valence-electron chi connectivity index (χ0n) is 16.5. The van der Waals surface area contributed by atoms with Crippen LogP contribution in [0.5, 0.6) is 5.75 Å². The van der Waals surface area contributed by atoms with Gasteiger partial charge in [-0.2, -0.15) is 0 Å². The lowest BCUT2D eigenvalue weighted by molar-refractivity contribution is -0.274. The Labute approximate surface area is 178 Å². The lowest BCUT2D eigenvalue weighted by Gasteiger charge is -2.32. The highest BCUT2D eigenvalue weighted by Crippen LogP contribution is 2.47. The van der Waals surface area contributed by atoms with E-state index in [-0.39, 0.29) is 11.8 Å². The molecule has 0 N–H and O–H groups in total. The largest absolute Gasteiger partial charge is 0.573 e. The Morgan fingerprint density at radius 2 is 1.87 bits per heavy atom. The molecule has 1 aromatic heterocycles. The lowest BCUT2D eigenvalue weighted by atomic mass is 9.97. The van der Waals surface area contributed by atoms with E-state index >= 15 is 0 Å². The van der Waals surface area contributed by atoms with Crippen LogP contribution in [-0.4, -0.2) is 28.9 Å². The molecule has 2 atom stereocenters. The van der Waals surface area contributed by atoms with Crippen molar-refractivity contribution in [3.05, 3.63) is 64.3 Å². The van der Waals surface area contributed by atoms with Crippen LogP contribution in [0, 0.1) is 0 Å². The van der Waals surface area contributed by atoms with Gasteiger partial charge in [-0.05, 0) is 67.8 Å². The Kier molecular flexibility index (Phi) is 4.75. The lowest BCUT2D eigenvalue weighted by Crippen LogP contribution is -2.34. The van der Waals surface area contributed by atoms with Gasteiger partial charge >= 0.3 is 6.36 Å². The summed E-state index contributed by atoms with van der Waals surface area (Å²) in [5.74, 6) is -0.157. The third-order valence-corrected chi connectivity index (χ3v) is 6.81. The Balaban J connectivity index is 1.58. The SMILES string of the molecule is CN1C2CCC1c1c(n(CCc3ccc(Cl)cc3)c3ccc(OC(F)(F)F)cc13)C2. The van der Waals surface area contributed by atoms with E-state index in [1.54, 1.807) is 12.1 Å². The van der Waals surface area contributed by atoms with Crippen molar-refractivity contribution >= 4 is 22.5 Å². The van der Waals surface area contributed by atoms with Crippen LogP contribution in [0.25, 0.3) is 10.9 Å². The Bertz CT molecular complexity index is 1090. The molecule has 2 aliphatic rings. The molecule has 0 spiro atoms. The van der Waals surface area contributed by atoms with Crippen LogP contribution in [0.15, 0.2) is 42.5 Å². The second-order valence-corrected chi connectivity index (χ2v) is 8.67. The van der Waals surface area contributed by atoms with Gasteiger partial charge in [0.15, 0.2) is 0 Å². The van der Waals surface area contributed by atoms with Gasteiger partial charge in [0.2, 0.25) is 0 Å². The molecule has 2 aliphatic heterocycles. The Morgan fingerprint density at radius 1 is 1.10 bits per heavy atom. The molecule has 7 heteroatoms. The minimum absolute atomic E-state index is 0.157. The van der Waals surface area contributed by atoms with E-state index in [4.69, 9.17) is 11.6 Å². The summed E-state index contributed by atoms with van der Waals surface area (Å²) in [4.78, 5) is 2.38. The molecule has 1 saturated heterocycles. The zero-order chi connectivity index (χ0) is 21.0. The Morgan fingerprint density at radius 3 is 2.60 bits per heavy atom. The molecule has 3 heterocycles. The van der Waals surface area contributed by atoms with E-state index in [1.807, 2.05) is 24.3 Å². The highest BCUT2D eigenvalue weighted by molar-refractivity contribution is 6.30. The van der Waals surface area contributed by atoms with E-state index in [1.165, 1.54) is 22.9 Å². The summed E-state index contributed by atoms with van der Waals surface area (Å²) in [5.41, 5.74) is 4.59. The fourth-order valence-electron chi connectivity index (χ4n) is 5.18. The Hall–Kier alpha value is -2.18. The highest BCUT2D eigenvalue weighted by atomic mass is 35.5. The van der Waals surface area contributed by atoms with Crippen molar-refractivity contribution in [3.63, 3.8) is 0 Å². The van der Waals surface area contributed by atoms with Gasteiger partial charge in [0.1, 0.15) is 5.75 Å². The number of aryl methyl sites for hydroxylation is 2. The first-order valence-corrected chi connectivity index (χ1v) is 10.5. The first-order valence-electron chi connectivity index (χ1n) is 10.2. The molecule has 0 saturated carbocycles. The summed E-state index contributed by atoms with van der Waals surface area (Å²) in [6.45, 7) is 0.774. The summed E-state index contributed by atoms with van der Waals surface area (Å²) in [7, 11) is 2.12. The second kappa shape index (κ2) is 7.20. The predicted octanol–water partition coefficient (Wildman–Crippen LogP) is 6.13. The predicted molar refractivity (Wildman–Crippen MR) is 111 cm³/mol. The number of rotatable bonds is 4. The van der Waals surface area contributed by atoms with Gasteiger partial charge in [0, 0.05) is 46.7 Å². The van der Waals surface area contributed by atoms with Crippen LogP contribution < -0.4 is 4.74 Å². The van der Waals surface area contributed by atoms with E-state index in [9.17, 15) is 13.2 Å². The number of ether oxygens (including phenoxy) is 1. The van der Waals surface area contributed by atoms with Gasteiger partial charge in [-0.15, -0.1) is 13.2 Å². The number of benzene rings is 2. The van der Waals surface area contributed by atoms with Gasteiger partial charge < -0.3 is 9.30 Å². The van der Waals surface area contributed by atoms with E-state index in [0.29, 0.717) is 11.1 Å². The third kappa shape index (κ3) is 3.46. The van der Waals surface area contributed by atoms with Gasteiger partial charge in [-0.3, -0.25) is 4.90 Å². The number of fused-ring (bicyclic) bond motifs is 6. The maximum atomic E-state index is 12.8. The van der Waals surface area contributed by atoms with E-state index < -0.39 is 6.36 Å². The van der Waals surface area contributed by atoms with Crippen LogP contribution in [0.1, 0.15) is 35.7 Å². The van der Waals surface area contributed by atoms with Crippen molar-refractivity contribution in [3.8, 4) is 5.75 Å². The first-order chi connectivity index (χ1) is 14.3. The molecular weight excluding hydrogens is 413 g/mol. The number of likely N-dealkylation sites (N-methyl/N-ethyl adjacent to an activating group) is 1. The molecule has 2 unspecified atom stereocenters. The van der Waals surface area contributed by atoms with Crippen LogP contribution in [0.3, 0.4) is 0 Å². The minimum Gasteiger partial charge on any atom is -0.406 e. The number of aromatic nitrogens is 1. The summed E-state index contributed by atoms with van der Waals surface area (Å²) < 4.78 is 44.9. The zero-order valence-corrected chi connectivity index (χ0v) is 17.3. The summed E-state index contributed by atoms with van der Waals surface area (Å²) in [6.07, 6.45) is -0.783. The maximum Gasteiger partial charge on any atom is 0.573 e. The van der Waals surface area contributed by atoms with Crippen molar-refractivity contribution < 1.29 is 17.9 Å².